The molecule has 0 bridgehead atoms. The third-order valence-electron chi connectivity index (χ3n) is 3.13. The molecule has 7 nitrogen and oxygen atoms in total. The second-order valence-corrected chi connectivity index (χ2v) is 5.40. The van der Waals surface area contributed by atoms with E-state index < -0.39 is 10.8 Å². The Morgan fingerprint density at radius 2 is 2.14 bits per heavy atom. The molecule has 0 aliphatic carbocycles. The highest BCUT2D eigenvalue weighted by molar-refractivity contribution is 9.10. The third-order valence-corrected chi connectivity index (χ3v) is 3.80. The first kappa shape index (κ1) is 16.1. The van der Waals surface area contributed by atoms with E-state index in [-0.39, 0.29) is 11.3 Å². The topological polar surface area (TPSA) is 96.5 Å². The Morgan fingerprint density at radius 3 is 2.73 bits per heavy atom. The predicted octanol–water partition coefficient (Wildman–Crippen LogP) is 2.12. The first-order valence-electron chi connectivity index (χ1n) is 6.45. The summed E-state index contributed by atoms with van der Waals surface area (Å²) in [5.41, 5.74) is 0.247. The van der Waals surface area contributed by atoms with Crippen molar-refractivity contribution in [2.24, 2.45) is 0 Å². The van der Waals surface area contributed by atoms with Gasteiger partial charge >= 0.3 is 0 Å². The van der Waals surface area contributed by atoms with E-state index in [0.717, 1.165) is 0 Å². The molecule has 0 N–H and O–H groups in total. The minimum absolute atomic E-state index is 0.0569. The normalized spacial score (nSPS) is 15.3. The molecule has 1 amide bonds. The lowest BCUT2D eigenvalue weighted by Gasteiger charge is -2.26. The number of amides is 1. The average molecular weight is 366 g/mol. The van der Waals surface area contributed by atoms with E-state index in [1.165, 1.54) is 23.1 Å². The molecule has 1 aromatic carbocycles. The van der Waals surface area contributed by atoms with Crippen LogP contribution in [0.15, 0.2) is 28.2 Å². The number of hydrogen-bond donors (Lipinski definition) is 0. The second kappa shape index (κ2) is 7.15. The van der Waals surface area contributed by atoms with Crippen LogP contribution in [0.5, 0.6) is 0 Å². The Balaban J connectivity index is 2.29. The van der Waals surface area contributed by atoms with Crippen molar-refractivity contribution >= 4 is 33.6 Å². The van der Waals surface area contributed by atoms with Crippen molar-refractivity contribution in [1.29, 1.82) is 5.26 Å². The van der Waals surface area contributed by atoms with Crippen LogP contribution >= 0.6 is 15.9 Å². The van der Waals surface area contributed by atoms with Gasteiger partial charge in [0.05, 0.1) is 22.6 Å². The molecule has 1 aromatic rings. The van der Waals surface area contributed by atoms with E-state index in [1.54, 1.807) is 6.07 Å². The summed E-state index contributed by atoms with van der Waals surface area (Å²) < 4.78 is 5.50. The van der Waals surface area contributed by atoms with Crippen molar-refractivity contribution in [2.75, 3.05) is 26.3 Å². The summed E-state index contributed by atoms with van der Waals surface area (Å²) in [5, 5.41) is 20.1. The fourth-order valence-corrected chi connectivity index (χ4v) is 2.40. The highest BCUT2D eigenvalue weighted by Crippen LogP contribution is 2.26. The standard InChI is InChI=1S/C14H12BrN3O4/c15-12-2-1-10(8-13(12)18(20)21)7-11(9-16)14(19)17-3-5-22-6-4-17/h1-2,7-8H,3-6H2. The largest absolute Gasteiger partial charge is 0.378 e. The van der Waals surface area contributed by atoms with E-state index in [9.17, 15) is 20.2 Å². The van der Waals surface area contributed by atoms with Crippen molar-refractivity contribution in [2.45, 2.75) is 0 Å². The smallest absolute Gasteiger partial charge is 0.284 e. The molecule has 0 saturated carbocycles. The minimum atomic E-state index is -0.530. The molecule has 1 saturated heterocycles. The van der Waals surface area contributed by atoms with Crippen LogP contribution in [-0.4, -0.2) is 42.0 Å². The molecule has 8 heteroatoms. The Hall–Kier alpha value is -2.24. The highest BCUT2D eigenvalue weighted by atomic mass is 79.9. The molecule has 0 radical (unpaired) electrons. The zero-order valence-corrected chi connectivity index (χ0v) is 13.1. The molecule has 114 valence electrons. The molecule has 1 heterocycles. The maximum absolute atomic E-state index is 12.3. The van der Waals surface area contributed by atoms with Crippen LogP contribution in [0.25, 0.3) is 6.08 Å². The number of rotatable bonds is 3. The second-order valence-electron chi connectivity index (χ2n) is 4.54. The van der Waals surface area contributed by atoms with Crippen molar-refractivity contribution in [3.8, 4) is 6.07 Å². The first-order chi connectivity index (χ1) is 10.5. The highest BCUT2D eigenvalue weighted by Gasteiger charge is 2.21. The van der Waals surface area contributed by atoms with Gasteiger partial charge in [-0.25, -0.2) is 0 Å². The van der Waals surface area contributed by atoms with Crippen molar-refractivity contribution in [3.05, 3.63) is 43.9 Å². The van der Waals surface area contributed by atoms with Crippen LogP contribution in [0.2, 0.25) is 0 Å². The number of morpholine rings is 1. The third kappa shape index (κ3) is 3.69. The molecular weight excluding hydrogens is 354 g/mol. The molecule has 0 aromatic heterocycles. The molecule has 0 spiro atoms. The van der Waals surface area contributed by atoms with Crippen LogP contribution in [0.4, 0.5) is 5.69 Å². The van der Waals surface area contributed by atoms with E-state index in [1.807, 2.05) is 6.07 Å². The summed E-state index contributed by atoms with van der Waals surface area (Å²) in [6.45, 7) is 1.74. The predicted molar refractivity (Wildman–Crippen MR) is 81.8 cm³/mol. The number of benzene rings is 1. The monoisotopic (exact) mass is 365 g/mol. The van der Waals surface area contributed by atoms with Crippen LogP contribution in [0.1, 0.15) is 5.56 Å². The summed E-state index contributed by atoms with van der Waals surface area (Å²) >= 11 is 3.09. The number of carbonyl (C=O) groups excluding carboxylic acids is 1. The Morgan fingerprint density at radius 1 is 1.45 bits per heavy atom. The summed E-state index contributed by atoms with van der Waals surface area (Å²) in [7, 11) is 0. The summed E-state index contributed by atoms with van der Waals surface area (Å²) in [4.78, 5) is 24.2. The summed E-state index contributed by atoms with van der Waals surface area (Å²) in [6, 6.07) is 6.28. The number of ether oxygens (including phenoxy) is 1. The number of halogens is 1. The fraction of sp³-hybridized carbons (Fsp3) is 0.286. The van der Waals surface area contributed by atoms with E-state index >= 15 is 0 Å². The van der Waals surface area contributed by atoms with Crippen LogP contribution in [0.3, 0.4) is 0 Å². The van der Waals surface area contributed by atoms with Gasteiger partial charge in [-0.1, -0.05) is 6.07 Å². The molecular formula is C14H12BrN3O4. The average Bonchev–Trinajstić information content (AvgIpc) is 2.54. The molecule has 0 unspecified atom stereocenters. The summed E-state index contributed by atoms with van der Waals surface area (Å²) in [5.74, 6) is -0.392. The van der Waals surface area contributed by atoms with Crippen molar-refractivity contribution in [3.63, 3.8) is 0 Å². The zero-order chi connectivity index (χ0) is 16.1. The van der Waals surface area contributed by atoms with Gasteiger partial charge in [-0.2, -0.15) is 5.26 Å². The Bertz CT molecular complexity index is 675. The van der Waals surface area contributed by atoms with Gasteiger partial charge in [0, 0.05) is 19.2 Å². The molecule has 2 rings (SSSR count). The lowest BCUT2D eigenvalue weighted by atomic mass is 10.1. The SMILES string of the molecule is N#CC(=Cc1ccc(Br)c([N+](=O)[O-])c1)C(=O)N1CCOCC1. The van der Waals surface area contributed by atoms with Crippen LogP contribution in [0, 0.1) is 21.4 Å². The molecule has 1 aliphatic heterocycles. The van der Waals surface area contributed by atoms with Gasteiger partial charge in [-0.15, -0.1) is 0 Å². The number of hydrogen-bond acceptors (Lipinski definition) is 5. The number of nitro groups is 1. The van der Waals surface area contributed by atoms with Gasteiger partial charge in [0.1, 0.15) is 11.6 Å². The quantitative estimate of drug-likeness (QED) is 0.353. The van der Waals surface area contributed by atoms with E-state index in [0.29, 0.717) is 36.3 Å². The Labute approximate surface area is 135 Å². The zero-order valence-electron chi connectivity index (χ0n) is 11.5. The van der Waals surface area contributed by atoms with Gasteiger partial charge in [0.15, 0.2) is 0 Å². The van der Waals surface area contributed by atoms with Gasteiger partial charge in [-0.3, -0.25) is 14.9 Å². The Kier molecular flexibility index (Phi) is 5.25. The van der Waals surface area contributed by atoms with E-state index in [2.05, 4.69) is 15.9 Å². The minimum Gasteiger partial charge on any atom is -0.378 e. The molecule has 1 fully saturated rings. The van der Waals surface area contributed by atoms with Crippen molar-refractivity contribution < 1.29 is 14.5 Å². The lowest BCUT2D eigenvalue weighted by Crippen LogP contribution is -2.41. The van der Waals surface area contributed by atoms with Crippen molar-refractivity contribution in [1.82, 2.24) is 4.90 Å². The van der Waals surface area contributed by atoms with Gasteiger partial charge in [0.25, 0.3) is 11.6 Å². The van der Waals surface area contributed by atoms with Gasteiger partial charge in [0.2, 0.25) is 0 Å². The number of nitrogens with zero attached hydrogens (tertiary/aromatic N) is 3. The van der Waals surface area contributed by atoms with E-state index in [4.69, 9.17) is 4.74 Å². The molecule has 0 atom stereocenters. The molecule has 22 heavy (non-hydrogen) atoms. The lowest BCUT2D eigenvalue weighted by molar-refractivity contribution is -0.385. The van der Waals surface area contributed by atoms with Crippen LogP contribution in [-0.2, 0) is 9.53 Å². The van der Waals surface area contributed by atoms with Crippen LogP contribution < -0.4 is 0 Å². The number of carbonyl (C=O) groups is 1. The summed E-state index contributed by atoms with van der Waals surface area (Å²) in [6.07, 6.45) is 1.36. The van der Waals surface area contributed by atoms with Gasteiger partial charge < -0.3 is 9.64 Å². The molecule has 1 aliphatic rings. The van der Waals surface area contributed by atoms with Gasteiger partial charge in [-0.05, 0) is 33.6 Å². The number of nitro benzene ring substituents is 1. The fourth-order valence-electron chi connectivity index (χ4n) is 2.00. The maximum Gasteiger partial charge on any atom is 0.284 e. The maximum atomic E-state index is 12.3. The number of nitriles is 1. The first-order valence-corrected chi connectivity index (χ1v) is 7.25.